The van der Waals surface area contributed by atoms with Gasteiger partial charge >= 0.3 is 0 Å². The van der Waals surface area contributed by atoms with Crippen LogP contribution in [-0.4, -0.2) is 18.1 Å². The van der Waals surface area contributed by atoms with E-state index in [2.05, 4.69) is 95.5 Å². The summed E-state index contributed by atoms with van der Waals surface area (Å²) in [6, 6.07) is 0. The summed E-state index contributed by atoms with van der Waals surface area (Å²) in [6.45, 7) is 26.5. The Labute approximate surface area is 133 Å². The topological polar surface area (TPSA) is 24.7 Å². The van der Waals surface area contributed by atoms with Gasteiger partial charge in [0.25, 0.3) is 0 Å². The second-order valence-corrected chi connectivity index (χ2v) is 10.4. The molecule has 0 aliphatic heterocycles. The van der Waals surface area contributed by atoms with Gasteiger partial charge in [-0.05, 0) is 10.8 Å². The highest BCUT2D eigenvalue weighted by molar-refractivity contribution is 5.67. The Morgan fingerprint density at radius 1 is 0.476 bits per heavy atom. The molecule has 0 saturated carbocycles. The maximum atomic E-state index is 5.05. The van der Waals surface area contributed by atoms with Gasteiger partial charge in [-0.25, -0.2) is 0 Å². The van der Waals surface area contributed by atoms with E-state index in [9.17, 15) is 0 Å². The third-order valence-corrected chi connectivity index (χ3v) is 3.37. The van der Waals surface area contributed by atoms with E-state index in [1.807, 2.05) is 0 Å². The van der Waals surface area contributed by atoms with Crippen molar-refractivity contribution in [1.82, 2.24) is 0 Å². The summed E-state index contributed by atoms with van der Waals surface area (Å²) in [5, 5.41) is 0. The predicted octanol–water partition coefficient (Wildman–Crippen LogP) is 6.01. The van der Waals surface area contributed by atoms with Crippen molar-refractivity contribution < 1.29 is 0 Å². The number of aliphatic imine (C=N–C) groups is 2. The molecule has 0 aromatic carbocycles. The Kier molecular flexibility index (Phi) is 5.67. The van der Waals surface area contributed by atoms with E-state index in [0.717, 1.165) is 0 Å². The molecule has 0 atom stereocenters. The molecule has 0 heterocycles. The second kappa shape index (κ2) is 5.85. The minimum atomic E-state index is -0.472. The molecular weight excluding hydrogens is 256 g/mol. The lowest BCUT2D eigenvalue weighted by molar-refractivity contribution is 0.0706. The predicted molar refractivity (Wildman–Crippen MR) is 97.5 cm³/mol. The number of hydrogen-bond donors (Lipinski definition) is 0. The van der Waals surface area contributed by atoms with Crippen LogP contribution < -0.4 is 0 Å². The van der Waals surface area contributed by atoms with Crippen LogP contribution in [-0.2, 0) is 0 Å². The summed E-state index contributed by atoms with van der Waals surface area (Å²) in [5.74, 6) is 0. The Hall–Kier alpha value is -0.660. The zero-order valence-electron chi connectivity index (χ0n) is 16.5. The standard InChI is InChI=1S/C19H38N2/c1-15(2,3)13-20-19(17(7,8)9,18(10,11)12)21-14-16(4,5)6/h13-14H,1-12H3. The summed E-state index contributed by atoms with van der Waals surface area (Å²) >= 11 is 0. The van der Waals surface area contributed by atoms with Gasteiger partial charge in [0.1, 0.15) is 0 Å². The normalized spacial score (nSPS) is 16.2. The Balaban J connectivity index is 6.18. The molecule has 0 fully saturated rings. The largest absolute Gasteiger partial charge is 0.266 e. The molecule has 2 nitrogen and oxygen atoms in total. The molecule has 0 amide bonds. The fraction of sp³-hybridized carbons (Fsp3) is 0.895. The van der Waals surface area contributed by atoms with E-state index in [1.54, 1.807) is 0 Å². The fourth-order valence-corrected chi connectivity index (χ4v) is 2.51. The summed E-state index contributed by atoms with van der Waals surface area (Å²) < 4.78 is 0. The highest BCUT2D eigenvalue weighted by Crippen LogP contribution is 2.48. The van der Waals surface area contributed by atoms with E-state index < -0.39 is 5.66 Å². The van der Waals surface area contributed by atoms with Gasteiger partial charge in [-0.1, -0.05) is 83.1 Å². The van der Waals surface area contributed by atoms with Gasteiger partial charge in [0.05, 0.1) is 0 Å². The number of rotatable bonds is 2. The van der Waals surface area contributed by atoms with E-state index in [-0.39, 0.29) is 21.7 Å². The Morgan fingerprint density at radius 3 is 0.857 bits per heavy atom. The highest BCUT2D eigenvalue weighted by Gasteiger charge is 2.50. The van der Waals surface area contributed by atoms with E-state index in [1.165, 1.54) is 0 Å². The molecule has 0 bridgehead atoms. The van der Waals surface area contributed by atoms with Crippen LogP contribution in [0.1, 0.15) is 83.1 Å². The summed E-state index contributed by atoms with van der Waals surface area (Å²) in [7, 11) is 0. The van der Waals surface area contributed by atoms with Crippen LogP contribution in [0.2, 0.25) is 0 Å². The minimum Gasteiger partial charge on any atom is -0.266 e. The molecule has 0 aromatic rings. The number of hydrogen-bond acceptors (Lipinski definition) is 2. The maximum Gasteiger partial charge on any atom is 0.158 e. The van der Waals surface area contributed by atoms with Crippen LogP contribution in [0.3, 0.4) is 0 Å². The van der Waals surface area contributed by atoms with Crippen LogP contribution in [0.5, 0.6) is 0 Å². The summed E-state index contributed by atoms with van der Waals surface area (Å²) in [5.41, 5.74) is -0.484. The first-order valence-corrected chi connectivity index (χ1v) is 8.04. The average molecular weight is 295 g/mol. The zero-order valence-corrected chi connectivity index (χ0v) is 16.5. The first-order chi connectivity index (χ1) is 8.91. The lowest BCUT2D eigenvalue weighted by atomic mass is 9.66. The van der Waals surface area contributed by atoms with Crippen molar-refractivity contribution >= 4 is 12.4 Å². The maximum absolute atomic E-state index is 5.05. The van der Waals surface area contributed by atoms with Gasteiger partial charge in [0.2, 0.25) is 0 Å². The van der Waals surface area contributed by atoms with Crippen LogP contribution in [0.4, 0.5) is 0 Å². The van der Waals surface area contributed by atoms with Gasteiger partial charge < -0.3 is 0 Å². The molecule has 21 heavy (non-hydrogen) atoms. The first-order valence-electron chi connectivity index (χ1n) is 8.04. The smallest absolute Gasteiger partial charge is 0.158 e. The van der Waals surface area contributed by atoms with Crippen LogP contribution in [0, 0.1) is 21.7 Å². The highest BCUT2D eigenvalue weighted by atomic mass is 15.1. The zero-order chi connectivity index (χ0) is 17.3. The molecule has 0 N–H and O–H groups in total. The monoisotopic (exact) mass is 294 g/mol. The van der Waals surface area contributed by atoms with Crippen molar-refractivity contribution in [1.29, 1.82) is 0 Å². The van der Waals surface area contributed by atoms with Crippen molar-refractivity contribution in [3.8, 4) is 0 Å². The van der Waals surface area contributed by atoms with Gasteiger partial charge in [-0.3, -0.25) is 9.98 Å². The van der Waals surface area contributed by atoms with E-state index >= 15 is 0 Å². The third-order valence-electron chi connectivity index (χ3n) is 3.37. The molecule has 0 aliphatic rings. The molecule has 124 valence electrons. The van der Waals surface area contributed by atoms with Crippen LogP contribution in [0.15, 0.2) is 9.98 Å². The van der Waals surface area contributed by atoms with Crippen molar-refractivity contribution in [2.24, 2.45) is 31.6 Å². The minimum absolute atomic E-state index is 0.0546. The third kappa shape index (κ3) is 5.92. The van der Waals surface area contributed by atoms with Gasteiger partial charge in [-0.15, -0.1) is 0 Å². The average Bonchev–Trinajstić information content (AvgIpc) is 2.09. The van der Waals surface area contributed by atoms with Gasteiger partial charge in [0, 0.05) is 23.3 Å². The van der Waals surface area contributed by atoms with Gasteiger partial charge in [0.15, 0.2) is 5.66 Å². The molecule has 0 unspecified atom stereocenters. The van der Waals surface area contributed by atoms with Crippen molar-refractivity contribution in [2.45, 2.75) is 88.7 Å². The molecule has 0 aromatic heterocycles. The van der Waals surface area contributed by atoms with Crippen molar-refractivity contribution in [3.05, 3.63) is 0 Å². The Morgan fingerprint density at radius 2 is 0.714 bits per heavy atom. The van der Waals surface area contributed by atoms with Crippen LogP contribution in [0.25, 0.3) is 0 Å². The van der Waals surface area contributed by atoms with Gasteiger partial charge in [-0.2, -0.15) is 0 Å². The molecule has 0 rings (SSSR count). The molecule has 2 heteroatoms. The second-order valence-electron chi connectivity index (χ2n) is 10.4. The lowest BCUT2D eigenvalue weighted by Crippen LogP contribution is -2.51. The summed E-state index contributed by atoms with van der Waals surface area (Å²) in [6.07, 6.45) is 4.15. The van der Waals surface area contributed by atoms with Crippen molar-refractivity contribution in [3.63, 3.8) is 0 Å². The molecule has 0 aliphatic carbocycles. The van der Waals surface area contributed by atoms with E-state index in [0.29, 0.717) is 0 Å². The Bertz CT molecular complexity index is 347. The number of nitrogens with zero attached hydrogens (tertiary/aromatic N) is 2. The molecule has 0 spiro atoms. The first kappa shape index (κ1) is 20.3. The molecule has 0 saturated heterocycles. The van der Waals surface area contributed by atoms with E-state index in [4.69, 9.17) is 9.98 Å². The van der Waals surface area contributed by atoms with Crippen molar-refractivity contribution in [2.75, 3.05) is 0 Å². The lowest BCUT2D eigenvalue weighted by Gasteiger charge is -2.48. The quantitative estimate of drug-likeness (QED) is 0.557. The molecular formula is C19H38N2. The fourth-order valence-electron chi connectivity index (χ4n) is 2.51. The molecule has 0 radical (unpaired) electrons. The summed E-state index contributed by atoms with van der Waals surface area (Å²) in [4.78, 5) is 10.1. The van der Waals surface area contributed by atoms with Crippen LogP contribution >= 0.6 is 0 Å². The SMILES string of the molecule is CC(C)(C)C=NC(N=CC(C)(C)C)(C(C)(C)C)C(C)(C)C.